The summed E-state index contributed by atoms with van der Waals surface area (Å²) in [6.07, 6.45) is 0. The Morgan fingerprint density at radius 3 is 2.32 bits per heavy atom. The van der Waals surface area contributed by atoms with Crippen LogP contribution in [-0.4, -0.2) is 43.9 Å². The first-order valence-electron chi connectivity index (χ1n) is 10.1. The van der Waals surface area contributed by atoms with Crippen LogP contribution in [0.3, 0.4) is 0 Å². The van der Waals surface area contributed by atoms with E-state index in [-0.39, 0.29) is 17.7 Å². The monoisotopic (exact) mass is 381 g/mol. The fraction of sp³-hybridized carbons (Fsp3) is 0.391. The Bertz CT molecular complexity index is 824. The van der Waals surface area contributed by atoms with Gasteiger partial charge in [0, 0.05) is 16.8 Å². The van der Waals surface area contributed by atoms with Gasteiger partial charge in [-0.1, -0.05) is 29.8 Å². The van der Waals surface area contributed by atoms with Crippen LogP contribution in [0.2, 0.25) is 0 Å². The van der Waals surface area contributed by atoms with Crippen molar-refractivity contribution in [3.05, 3.63) is 65.2 Å². The van der Waals surface area contributed by atoms with Gasteiger partial charge in [-0.15, -0.1) is 0 Å². The highest BCUT2D eigenvalue weighted by Crippen LogP contribution is 2.10. The van der Waals surface area contributed by atoms with Gasteiger partial charge < -0.3 is 15.1 Å². The summed E-state index contributed by atoms with van der Waals surface area (Å²) < 4.78 is 0. The average Bonchev–Trinajstić information content (AvgIpc) is 2.68. The zero-order chi connectivity index (χ0) is 20.1. The van der Waals surface area contributed by atoms with Crippen LogP contribution in [0.15, 0.2) is 48.5 Å². The second-order valence-electron chi connectivity index (χ2n) is 7.92. The number of ketones is 1. The van der Waals surface area contributed by atoms with E-state index in [0.29, 0.717) is 5.56 Å². The lowest BCUT2D eigenvalue weighted by Gasteiger charge is -2.32. The molecule has 1 fully saturated rings. The fourth-order valence-corrected chi connectivity index (χ4v) is 3.87. The molecule has 5 heteroatoms. The molecular weight excluding hydrogens is 350 g/mol. The number of quaternary nitrogens is 2. The van der Waals surface area contributed by atoms with Crippen LogP contribution in [-0.2, 0) is 11.3 Å². The molecule has 0 aromatic heterocycles. The second-order valence-corrected chi connectivity index (χ2v) is 7.92. The molecule has 1 aliphatic heterocycles. The summed E-state index contributed by atoms with van der Waals surface area (Å²) in [5.74, 6) is 0.0643. The zero-order valence-electron chi connectivity index (χ0n) is 17.0. The summed E-state index contributed by atoms with van der Waals surface area (Å²) in [4.78, 5) is 26.9. The van der Waals surface area contributed by atoms with Crippen molar-refractivity contribution >= 4 is 17.4 Å². The van der Waals surface area contributed by atoms with Gasteiger partial charge in [-0.2, -0.15) is 0 Å². The number of aryl methyl sites for hydroxylation is 1. The third-order valence-electron chi connectivity index (χ3n) is 5.70. The minimum Gasteiger partial charge on any atom is -0.322 e. The molecule has 5 nitrogen and oxygen atoms in total. The Hall–Kier alpha value is -2.50. The molecule has 148 valence electrons. The molecular formula is C23H31N3O2+2. The van der Waals surface area contributed by atoms with E-state index in [1.165, 1.54) is 16.0 Å². The predicted octanol–water partition coefficient (Wildman–Crippen LogP) is 0.508. The maximum atomic E-state index is 12.6. The SMILES string of the molecule is CC(=O)c1ccc(NC(=O)[C@H](C)[NH+]2CC[NH+](Cc3cccc(C)c3)CC2)cc1. The molecule has 1 saturated heterocycles. The first kappa shape index (κ1) is 20.2. The van der Waals surface area contributed by atoms with Gasteiger partial charge >= 0.3 is 0 Å². The summed E-state index contributed by atoms with van der Waals surface area (Å²) in [6.45, 7) is 10.9. The molecule has 3 rings (SSSR count). The third-order valence-corrected chi connectivity index (χ3v) is 5.70. The Morgan fingerprint density at radius 1 is 1.04 bits per heavy atom. The molecule has 0 unspecified atom stereocenters. The smallest absolute Gasteiger partial charge is 0.282 e. The Morgan fingerprint density at radius 2 is 1.71 bits per heavy atom. The number of piperazine rings is 1. The molecule has 0 bridgehead atoms. The summed E-state index contributed by atoms with van der Waals surface area (Å²) in [7, 11) is 0. The van der Waals surface area contributed by atoms with Crippen LogP contribution in [0, 0.1) is 6.92 Å². The third kappa shape index (κ3) is 5.27. The number of anilines is 1. The molecule has 0 radical (unpaired) electrons. The van der Waals surface area contributed by atoms with Crippen molar-refractivity contribution in [2.75, 3.05) is 31.5 Å². The van der Waals surface area contributed by atoms with Gasteiger partial charge in [0.1, 0.15) is 32.7 Å². The first-order chi connectivity index (χ1) is 13.4. The molecule has 0 saturated carbocycles. The normalized spacial score (nSPS) is 20.4. The van der Waals surface area contributed by atoms with Gasteiger partial charge in [-0.25, -0.2) is 0 Å². The fourth-order valence-electron chi connectivity index (χ4n) is 3.87. The van der Waals surface area contributed by atoms with E-state index in [1.54, 1.807) is 36.1 Å². The first-order valence-corrected chi connectivity index (χ1v) is 10.1. The van der Waals surface area contributed by atoms with Crippen molar-refractivity contribution < 1.29 is 19.4 Å². The number of carbonyl (C=O) groups is 2. The maximum absolute atomic E-state index is 12.6. The van der Waals surface area contributed by atoms with Crippen molar-refractivity contribution in [2.45, 2.75) is 33.4 Å². The molecule has 2 aromatic carbocycles. The van der Waals surface area contributed by atoms with Gasteiger partial charge in [0.25, 0.3) is 5.91 Å². The molecule has 3 N–H and O–H groups in total. The van der Waals surface area contributed by atoms with Crippen molar-refractivity contribution in [3.63, 3.8) is 0 Å². The summed E-state index contributed by atoms with van der Waals surface area (Å²) in [5, 5.41) is 2.98. The van der Waals surface area contributed by atoms with Crippen molar-refractivity contribution in [1.29, 1.82) is 0 Å². The lowest BCUT2D eigenvalue weighted by atomic mass is 10.1. The van der Waals surface area contributed by atoms with Crippen LogP contribution in [0.25, 0.3) is 0 Å². The minimum absolute atomic E-state index is 0.0294. The Balaban J connectivity index is 1.49. The lowest BCUT2D eigenvalue weighted by Crippen LogP contribution is -3.29. The minimum atomic E-state index is -0.0898. The number of Topliss-reactive ketones (excluding diaryl/α,β-unsaturated/α-hetero) is 1. The number of carbonyl (C=O) groups excluding carboxylic acids is 2. The highest BCUT2D eigenvalue weighted by Gasteiger charge is 2.31. The van der Waals surface area contributed by atoms with E-state index < -0.39 is 0 Å². The quantitative estimate of drug-likeness (QED) is 0.639. The van der Waals surface area contributed by atoms with E-state index in [9.17, 15) is 9.59 Å². The Labute approximate surface area is 167 Å². The van der Waals surface area contributed by atoms with Crippen LogP contribution < -0.4 is 15.1 Å². The van der Waals surface area contributed by atoms with Crippen LogP contribution in [0.4, 0.5) is 5.69 Å². The van der Waals surface area contributed by atoms with Crippen LogP contribution in [0.5, 0.6) is 0 Å². The number of hydrogen-bond acceptors (Lipinski definition) is 2. The number of rotatable bonds is 6. The van der Waals surface area contributed by atoms with E-state index in [4.69, 9.17) is 0 Å². The van der Waals surface area contributed by atoms with Gasteiger partial charge in [0.15, 0.2) is 11.8 Å². The van der Waals surface area contributed by atoms with Gasteiger partial charge in [0.2, 0.25) is 0 Å². The molecule has 1 heterocycles. The van der Waals surface area contributed by atoms with Crippen molar-refractivity contribution in [3.8, 4) is 0 Å². The molecule has 28 heavy (non-hydrogen) atoms. The Kier molecular flexibility index (Phi) is 6.60. The van der Waals surface area contributed by atoms with Crippen LogP contribution in [0.1, 0.15) is 35.3 Å². The van der Waals surface area contributed by atoms with Gasteiger partial charge in [-0.3, -0.25) is 9.59 Å². The molecule has 1 aliphatic rings. The van der Waals surface area contributed by atoms with Crippen LogP contribution >= 0.6 is 0 Å². The number of hydrogen-bond donors (Lipinski definition) is 3. The molecule has 2 aromatic rings. The average molecular weight is 382 g/mol. The highest BCUT2D eigenvalue weighted by molar-refractivity contribution is 5.96. The second kappa shape index (κ2) is 9.13. The molecule has 0 aliphatic carbocycles. The van der Waals surface area contributed by atoms with Crippen molar-refractivity contribution in [1.82, 2.24) is 0 Å². The largest absolute Gasteiger partial charge is 0.322 e. The van der Waals surface area contributed by atoms with E-state index in [1.807, 2.05) is 6.92 Å². The number of amides is 1. The van der Waals surface area contributed by atoms with E-state index in [2.05, 4.69) is 36.5 Å². The van der Waals surface area contributed by atoms with Crippen molar-refractivity contribution in [2.24, 2.45) is 0 Å². The molecule has 1 atom stereocenters. The summed E-state index contributed by atoms with van der Waals surface area (Å²) in [5.41, 5.74) is 4.09. The predicted molar refractivity (Wildman–Crippen MR) is 111 cm³/mol. The number of benzene rings is 2. The van der Waals surface area contributed by atoms with E-state index in [0.717, 1.165) is 38.4 Å². The highest BCUT2D eigenvalue weighted by atomic mass is 16.2. The number of nitrogens with one attached hydrogen (secondary N) is 3. The van der Waals surface area contributed by atoms with Gasteiger partial charge in [-0.05, 0) is 45.0 Å². The summed E-state index contributed by atoms with van der Waals surface area (Å²) in [6, 6.07) is 15.7. The zero-order valence-corrected chi connectivity index (χ0v) is 17.0. The van der Waals surface area contributed by atoms with Gasteiger partial charge in [0.05, 0.1) is 0 Å². The van der Waals surface area contributed by atoms with E-state index >= 15 is 0 Å². The molecule has 0 spiro atoms. The lowest BCUT2D eigenvalue weighted by molar-refractivity contribution is -1.02. The maximum Gasteiger partial charge on any atom is 0.282 e. The summed E-state index contributed by atoms with van der Waals surface area (Å²) >= 11 is 0. The molecule has 1 amide bonds. The topological polar surface area (TPSA) is 55.0 Å². The standard InChI is InChI=1S/C23H29N3O2/c1-17-5-4-6-20(15-17)16-25-11-13-26(14-12-25)18(2)23(28)24-22-9-7-21(8-10-22)19(3)27/h4-10,15,18H,11-14,16H2,1-3H3,(H,24,28)/p+2/t18-/m0/s1.